The molecule has 0 saturated heterocycles. The zero-order chi connectivity index (χ0) is 18.5. The third-order valence-electron chi connectivity index (χ3n) is 4.98. The lowest BCUT2D eigenvalue weighted by Crippen LogP contribution is -2.39. The second kappa shape index (κ2) is 8.26. The predicted octanol–water partition coefficient (Wildman–Crippen LogP) is 4.22. The van der Waals surface area contributed by atoms with Gasteiger partial charge in [-0.3, -0.25) is 4.79 Å². The lowest BCUT2D eigenvalue weighted by molar-refractivity contribution is -0.128. The summed E-state index contributed by atoms with van der Waals surface area (Å²) in [5, 5.41) is 3.09. The van der Waals surface area contributed by atoms with Crippen LogP contribution in [0.15, 0.2) is 42.5 Å². The summed E-state index contributed by atoms with van der Waals surface area (Å²) >= 11 is 0. The molecule has 2 aromatic rings. The molecular formula is C22H27NO3. The van der Waals surface area contributed by atoms with Gasteiger partial charge in [0.25, 0.3) is 5.91 Å². The molecule has 0 aromatic heterocycles. The molecule has 4 heteroatoms. The number of nitrogens with one attached hydrogen (secondary N) is 1. The molecule has 2 atom stereocenters. The van der Waals surface area contributed by atoms with Crippen molar-refractivity contribution in [3.8, 4) is 11.5 Å². The Morgan fingerprint density at radius 1 is 1.08 bits per heavy atom. The highest BCUT2D eigenvalue weighted by molar-refractivity contribution is 5.81. The molecule has 138 valence electrons. The van der Waals surface area contributed by atoms with Gasteiger partial charge in [0.15, 0.2) is 6.10 Å². The number of amides is 1. The van der Waals surface area contributed by atoms with Gasteiger partial charge in [-0.2, -0.15) is 0 Å². The first kappa shape index (κ1) is 18.3. The number of methoxy groups -OCH3 is 1. The number of rotatable bonds is 7. The Balaban J connectivity index is 1.62. The number of aryl methyl sites for hydroxylation is 2. The standard InChI is InChI=1S/C22H27NO3/c1-4-21(26-20-12-10-19(25-3)11-13-20)22(24)23-15(2)17-9-8-16-6-5-7-18(16)14-17/h8-15,21H,4-7H2,1-3H3,(H,23,24)/t15-,21-/m0/s1. The molecule has 2 aromatic carbocycles. The van der Waals surface area contributed by atoms with Crippen molar-refractivity contribution in [3.63, 3.8) is 0 Å². The van der Waals surface area contributed by atoms with Crippen molar-refractivity contribution in [2.45, 2.75) is 51.7 Å². The fourth-order valence-electron chi connectivity index (χ4n) is 3.39. The number of benzene rings is 2. The summed E-state index contributed by atoms with van der Waals surface area (Å²) in [6.07, 6.45) is 3.63. The van der Waals surface area contributed by atoms with Gasteiger partial charge in [0.1, 0.15) is 11.5 Å². The van der Waals surface area contributed by atoms with Gasteiger partial charge in [-0.05, 0) is 73.6 Å². The van der Waals surface area contributed by atoms with Crippen LogP contribution in [-0.2, 0) is 17.6 Å². The Hall–Kier alpha value is -2.49. The van der Waals surface area contributed by atoms with E-state index in [1.54, 1.807) is 7.11 Å². The molecule has 1 aliphatic rings. The average Bonchev–Trinajstić information content (AvgIpc) is 3.14. The van der Waals surface area contributed by atoms with Crippen LogP contribution in [0.25, 0.3) is 0 Å². The normalized spacial score (nSPS) is 15.0. The number of hydrogen-bond acceptors (Lipinski definition) is 3. The van der Waals surface area contributed by atoms with E-state index >= 15 is 0 Å². The van der Waals surface area contributed by atoms with Crippen LogP contribution in [-0.4, -0.2) is 19.1 Å². The Labute approximate surface area is 155 Å². The lowest BCUT2D eigenvalue weighted by atomic mass is 10.0. The fraction of sp³-hybridized carbons (Fsp3) is 0.409. The highest BCUT2D eigenvalue weighted by Crippen LogP contribution is 2.25. The largest absolute Gasteiger partial charge is 0.497 e. The molecule has 0 aliphatic heterocycles. The van der Waals surface area contributed by atoms with Crippen molar-refractivity contribution in [2.24, 2.45) is 0 Å². The van der Waals surface area contributed by atoms with E-state index in [9.17, 15) is 4.79 Å². The second-order valence-corrected chi connectivity index (χ2v) is 6.80. The van der Waals surface area contributed by atoms with Crippen LogP contribution in [0.5, 0.6) is 11.5 Å². The third kappa shape index (κ3) is 4.18. The Bertz CT molecular complexity index is 754. The summed E-state index contributed by atoms with van der Waals surface area (Å²) in [5.41, 5.74) is 4.02. The molecule has 3 rings (SSSR count). The molecule has 0 fully saturated rings. The molecule has 1 N–H and O–H groups in total. The van der Waals surface area contributed by atoms with E-state index in [0.29, 0.717) is 12.2 Å². The van der Waals surface area contributed by atoms with Crippen LogP contribution in [0.3, 0.4) is 0 Å². The van der Waals surface area contributed by atoms with E-state index in [-0.39, 0.29) is 11.9 Å². The molecule has 1 aliphatic carbocycles. The number of carbonyl (C=O) groups is 1. The zero-order valence-electron chi connectivity index (χ0n) is 15.7. The minimum atomic E-state index is -0.514. The maximum Gasteiger partial charge on any atom is 0.261 e. The summed E-state index contributed by atoms with van der Waals surface area (Å²) < 4.78 is 11.0. The lowest BCUT2D eigenvalue weighted by Gasteiger charge is -2.21. The quantitative estimate of drug-likeness (QED) is 0.811. The van der Waals surface area contributed by atoms with Gasteiger partial charge < -0.3 is 14.8 Å². The SMILES string of the molecule is CC[C@H](Oc1ccc(OC)cc1)C(=O)N[C@@H](C)c1ccc2c(c1)CCC2. The Morgan fingerprint density at radius 2 is 1.77 bits per heavy atom. The van der Waals surface area contributed by atoms with Crippen molar-refractivity contribution in [2.75, 3.05) is 7.11 Å². The molecular weight excluding hydrogens is 326 g/mol. The summed E-state index contributed by atoms with van der Waals surface area (Å²) in [6, 6.07) is 13.8. The zero-order valence-corrected chi connectivity index (χ0v) is 15.7. The van der Waals surface area contributed by atoms with Crippen LogP contribution in [0.1, 0.15) is 49.4 Å². The second-order valence-electron chi connectivity index (χ2n) is 6.80. The number of fused-ring (bicyclic) bond motifs is 1. The molecule has 0 saturated carbocycles. The highest BCUT2D eigenvalue weighted by atomic mass is 16.5. The van der Waals surface area contributed by atoms with Crippen LogP contribution in [0.4, 0.5) is 0 Å². The van der Waals surface area contributed by atoms with Crippen molar-refractivity contribution >= 4 is 5.91 Å². The van der Waals surface area contributed by atoms with E-state index in [4.69, 9.17) is 9.47 Å². The number of hydrogen-bond donors (Lipinski definition) is 1. The predicted molar refractivity (Wildman–Crippen MR) is 103 cm³/mol. The molecule has 0 radical (unpaired) electrons. The summed E-state index contributed by atoms with van der Waals surface area (Å²) in [6.45, 7) is 3.97. The van der Waals surface area contributed by atoms with Crippen LogP contribution >= 0.6 is 0 Å². The highest BCUT2D eigenvalue weighted by Gasteiger charge is 2.21. The molecule has 0 bridgehead atoms. The smallest absolute Gasteiger partial charge is 0.261 e. The number of ether oxygens (including phenoxy) is 2. The van der Waals surface area contributed by atoms with Crippen molar-refractivity contribution < 1.29 is 14.3 Å². The van der Waals surface area contributed by atoms with E-state index in [2.05, 4.69) is 23.5 Å². The maximum absolute atomic E-state index is 12.7. The first-order valence-electron chi connectivity index (χ1n) is 9.33. The first-order chi connectivity index (χ1) is 12.6. The van der Waals surface area contributed by atoms with Crippen LogP contribution in [0.2, 0.25) is 0 Å². The topological polar surface area (TPSA) is 47.6 Å². The van der Waals surface area contributed by atoms with Gasteiger partial charge in [0.05, 0.1) is 13.2 Å². The maximum atomic E-state index is 12.7. The van der Waals surface area contributed by atoms with E-state index in [0.717, 1.165) is 17.7 Å². The molecule has 26 heavy (non-hydrogen) atoms. The Morgan fingerprint density at radius 3 is 2.46 bits per heavy atom. The summed E-state index contributed by atoms with van der Waals surface area (Å²) in [5.74, 6) is 1.34. The minimum Gasteiger partial charge on any atom is -0.497 e. The van der Waals surface area contributed by atoms with Crippen molar-refractivity contribution in [1.82, 2.24) is 5.32 Å². The summed E-state index contributed by atoms with van der Waals surface area (Å²) in [4.78, 5) is 12.7. The Kier molecular flexibility index (Phi) is 5.82. The number of carbonyl (C=O) groups excluding carboxylic acids is 1. The van der Waals surface area contributed by atoms with Crippen molar-refractivity contribution in [3.05, 3.63) is 59.2 Å². The van der Waals surface area contributed by atoms with Crippen LogP contribution < -0.4 is 14.8 Å². The fourth-order valence-corrected chi connectivity index (χ4v) is 3.39. The van der Waals surface area contributed by atoms with Crippen LogP contribution in [0, 0.1) is 0 Å². The summed E-state index contributed by atoms with van der Waals surface area (Å²) in [7, 11) is 1.62. The van der Waals surface area contributed by atoms with Gasteiger partial charge in [-0.25, -0.2) is 0 Å². The molecule has 4 nitrogen and oxygen atoms in total. The van der Waals surface area contributed by atoms with Gasteiger partial charge in [-0.1, -0.05) is 25.1 Å². The van der Waals surface area contributed by atoms with E-state index < -0.39 is 6.10 Å². The van der Waals surface area contributed by atoms with E-state index in [1.165, 1.54) is 24.0 Å². The van der Waals surface area contributed by atoms with Gasteiger partial charge in [-0.15, -0.1) is 0 Å². The average molecular weight is 353 g/mol. The molecule has 0 spiro atoms. The van der Waals surface area contributed by atoms with Gasteiger partial charge >= 0.3 is 0 Å². The first-order valence-corrected chi connectivity index (χ1v) is 9.33. The van der Waals surface area contributed by atoms with Gasteiger partial charge in [0.2, 0.25) is 0 Å². The minimum absolute atomic E-state index is 0.0399. The van der Waals surface area contributed by atoms with E-state index in [1.807, 2.05) is 38.1 Å². The monoisotopic (exact) mass is 353 g/mol. The third-order valence-corrected chi connectivity index (χ3v) is 4.98. The molecule has 0 unspecified atom stereocenters. The van der Waals surface area contributed by atoms with Gasteiger partial charge in [0, 0.05) is 0 Å². The van der Waals surface area contributed by atoms with Crippen molar-refractivity contribution in [1.29, 1.82) is 0 Å². The molecule has 0 heterocycles. The molecule has 1 amide bonds.